The van der Waals surface area contributed by atoms with Crippen molar-refractivity contribution in [3.63, 3.8) is 0 Å². The number of fused-ring (bicyclic) bond motifs is 1. The number of anilines is 2. The normalized spacial score (nSPS) is 26.1. The number of aromatic nitrogens is 3. The van der Waals surface area contributed by atoms with Gasteiger partial charge in [-0.25, -0.2) is 9.50 Å². The predicted octanol–water partition coefficient (Wildman–Crippen LogP) is 1.87. The first-order chi connectivity index (χ1) is 10.2. The summed E-state index contributed by atoms with van der Waals surface area (Å²) in [5.74, 6) is 1.07. The number of rotatable bonds is 3. The molecule has 0 aliphatic heterocycles. The summed E-state index contributed by atoms with van der Waals surface area (Å²) >= 11 is 0. The molecule has 2 aromatic heterocycles. The summed E-state index contributed by atoms with van der Waals surface area (Å²) in [4.78, 5) is 4.47. The Balaban J connectivity index is 1.79. The summed E-state index contributed by atoms with van der Waals surface area (Å²) in [5.41, 5.74) is 15.5. The molecule has 2 aliphatic carbocycles. The van der Waals surface area contributed by atoms with E-state index in [1.165, 1.54) is 12.8 Å². The van der Waals surface area contributed by atoms with Crippen molar-refractivity contribution in [3.8, 4) is 0 Å². The smallest absolute Gasteiger partial charge is 0.177 e. The fraction of sp³-hybridized carbons (Fsp3) is 0.600. The van der Waals surface area contributed by atoms with Crippen LogP contribution >= 0.6 is 0 Å². The average molecular weight is 286 g/mol. The van der Waals surface area contributed by atoms with Crippen molar-refractivity contribution in [2.75, 3.05) is 11.1 Å². The van der Waals surface area contributed by atoms with Crippen molar-refractivity contribution >= 4 is 17.2 Å². The minimum Gasteiger partial charge on any atom is -0.382 e. The third-order valence-electron chi connectivity index (χ3n) is 4.71. The highest BCUT2D eigenvalue weighted by molar-refractivity contribution is 5.76. The highest BCUT2D eigenvalue weighted by Gasteiger charge is 2.30. The van der Waals surface area contributed by atoms with Gasteiger partial charge < -0.3 is 16.8 Å². The van der Waals surface area contributed by atoms with E-state index in [1.807, 2.05) is 6.20 Å². The van der Waals surface area contributed by atoms with Crippen LogP contribution < -0.4 is 16.8 Å². The largest absolute Gasteiger partial charge is 0.382 e. The number of nitrogen functional groups attached to an aromatic ring is 1. The van der Waals surface area contributed by atoms with Crippen LogP contribution in [0.25, 0.3) is 5.65 Å². The molecule has 2 aliphatic rings. The molecule has 112 valence electrons. The van der Waals surface area contributed by atoms with Crippen molar-refractivity contribution in [1.82, 2.24) is 14.6 Å². The van der Waals surface area contributed by atoms with E-state index < -0.39 is 0 Å². The SMILES string of the molecule is Nc1nn2ccnc2c(NC2CC2)c1[C@H]1CC[C@H](N)CC1. The van der Waals surface area contributed by atoms with E-state index >= 15 is 0 Å². The van der Waals surface area contributed by atoms with Crippen molar-refractivity contribution < 1.29 is 0 Å². The lowest BCUT2D eigenvalue weighted by Crippen LogP contribution is -2.27. The van der Waals surface area contributed by atoms with E-state index in [-0.39, 0.29) is 0 Å². The second-order valence-electron chi connectivity index (χ2n) is 6.40. The van der Waals surface area contributed by atoms with Gasteiger partial charge in [-0.15, -0.1) is 5.10 Å². The summed E-state index contributed by atoms with van der Waals surface area (Å²) in [6.07, 6.45) is 10.4. The van der Waals surface area contributed by atoms with Crippen LogP contribution in [-0.2, 0) is 0 Å². The first kappa shape index (κ1) is 12.9. The van der Waals surface area contributed by atoms with E-state index in [1.54, 1.807) is 10.7 Å². The van der Waals surface area contributed by atoms with Crippen molar-refractivity contribution in [3.05, 3.63) is 18.0 Å². The fourth-order valence-electron chi connectivity index (χ4n) is 3.37. The Hall–Kier alpha value is -1.82. The lowest BCUT2D eigenvalue weighted by molar-refractivity contribution is 0.396. The maximum absolute atomic E-state index is 6.28. The lowest BCUT2D eigenvalue weighted by Gasteiger charge is -2.28. The van der Waals surface area contributed by atoms with Gasteiger partial charge in [0, 0.05) is 30.0 Å². The minimum atomic E-state index is 0.338. The zero-order valence-corrected chi connectivity index (χ0v) is 12.1. The summed E-state index contributed by atoms with van der Waals surface area (Å²) in [6.45, 7) is 0. The molecular formula is C15H22N6. The summed E-state index contributed by atoms with van der Waals surface area (Å²) in [5, 5.41) is 8.11. The summed E-state index contributed by atoms with van der Waals surface area (Å²) in [6, 6.07) is 0.905. The topological polar surface area (TPSA) is 94.3 Å². The molecule has 4 rings (SSSR count). The number of nitrogens with two attached hydrogens (primary N) is 2. The summed E-state index contributed by atoms with van der Waals surface area (Å²) < 4.78 is 1.78. The van der Waals surface area contributed by atoms with Gasteiger partial charge in [-0.1, -0.05) is 0 Å². The van der Waals surface area contributed by atoms with Crippen LogP contribution in [0, 0.1) is 0 Å². The maximum atomic E-state index is 6.28. The van der Waals surface area contributed by atoms with Gasteiger partial charge in [0.05, 0.1) is 5.69 Å². The van der Waals surface area contributed by atoms with Crippen molar-refractivity contribution in [1.29, 1.82) is 0 Å². The van der Waals surface area contributed by atoms with Crippen LogP contribution in [0.1, 0.15) is 50.0 Å². The quantitative estimate of drug-likeness (QED) is 0.800. The van der Waals surface area contributed by atoms with E-state index in [9.17, 15) is 0 Å². The number of nitrogens with zero attached hydrogens (tertiary/aromatic N) is 3. The predicted molar refractivity (Wildman–Crippen MR) is 83.2 cm³/mol. The van der Waals surface area contributed by atoms with Crippen LogP contribution in [0.5, 0.6) is 0 Å². The van der Waals surface area contributed by atoms with Gasteiger partial charge in [0.2, 0.25) is 0 Å². The molecule has 0 unspecified atom stereocenters. The fourth-order valence-corrected chi connectivity index (χ4v) is 3.37. The van der Waals surface area contributed by atoms with Gasteiger partial charge in [0.25, 0.3) is 0 Å². The summed E-state index contributed by atoms with van der Waals surface area (Å²) in [7, 11) is 0. The Morgan fingerprint density at radius 1 is 1.14 bits per heavy atom. The molecule has 2 fully saturated rings. The Bertz CT molecular complexity index is 651. The monoisotopic (exact) mass is 286 g/mol. The van der Waals surface area contributed by atoms with Gasteiger partial charge in [-0.05, 0) is 44.4 Å². The zero-order valence-electron chi connectivity index (χ0n) is 12.1. The van der Waals surface area contributed by atoms with Crippen LogP contribution in [0.4, 0.5) is 11.5 Å². The molecule has 0 atom stereocenters. The number of hydrogen-bond acceptors (Lipinski definition) is 5. The molecule has 0 aromatic carbocycles. The molecule has 0 amide bonds. The van der Waals surface area contributed by atoms with Gasteiger partial charge in [-0.2, -0.15) is 0 Å². The van der Waals surface area contributed by atoms with E-state index in [2.05, 4.69) is 15.4 Å². The molecule has 0 radical (unpaired) electrons. The average Bonchev–Trinajstić information content (AvgIpc) is 3.16. The highest BCUT2D eigenvalue weighted by Crippen LogP contribution is 2.41. The molecular weight excluding hydrogens is 264 g/mol. The van der Waals surface area contributed by atoms with E-state index in [0.29, 0.717) is 23.8 Å². The van der Waals surface area contributed by atoms with Gasteiger partial charge in [0.1, 0.15) is 5.82 Å². The van der Waals surface area contributed by atoms with E-state index in [4.69, 9.17) is 11.5 Å². The van der Waals surface area contributed by atoms with Gasteiger partial charge in [0.15, 0.2) is 5.65 Å². The standard InChI is InChI=1S/C15H22N6/c16-10-3-1-9(2-4-10)12-13(19-11-5-6-11)15-18-7-8-21(15)20-14(12)17/h7-11,19H,1-6,16H2,(H2,17,20)/t9-,10-. The maximum Gasteiger partial charge on any atom is 0.177 e. The molecule has 2 saturated carbocycles. The number of hydrogen-bond donors (Lipinski definition) is 3. The van der Waals surface area contributed by atoms with Crippen LogP contribution in [-0.4, -0.2) is 26.7 Å². The van der Waals surface area contributed by atoms with Crippen LogP contribution in [0.2, 0.25) is 0 Å². The van der Waals surface area contributed by atoms with Crippen molar-refractivity contribution in [2.24, 2.45) is 5.73 Å². The third kappa shape index (κ3) is 2.33. The second kappa shape index (κ2) is 4.87. The minimum absolute atomic E-state index is 0.338. The molecule has 0 bridgehead atoms. The Labute approximate surface area is 123 Å². The molecule has 0 saturated heterocycles. The lowest BCUT2D eigenvalue weighted by atomic mass is 9.81. The molecule has 0 spiro atoms. The molecule has 2 aromatic rings. The highest BCUT2D eigenvalue weighted by atomic mass is 15.3. The van der Waals surface area contributed by atoms with Crippen molar-refractivity contribution in [2.45, 2.75) is 56.5 Å². The first-order valence-electron chi connectivity index (χ1n) is 7.87. The molecule has 2 heterocycles. The second-order valence-corrected chi connectivity index (χ2v) is 6.40. The Morgan fingerprint density at radius 2 is 1.90 bits per heavy atom. The van der Waals surface area contributed by atoms with Gasteiger partial charge in [-0.3, -0.25) is 0 Å². The Kier molecular flexibility index (Phi) is 2.99. The van der Waals surface area contributed by atoms with Crippen LogP contribution in [0.15, 0.2) is 12.4 Å². The molecule has 6 nitrogen and oxygen atoms in total. The first-order valence-corrected chi connectivity index (χ1v) is 7.87. The van der Waals surface area contributed by atoms with Crippen LogP contribution in [0.3, 0.4) is 0 Å². The zero-order chi connectivity index (χ0) is 14.4. The third-order valence-corrected chi connectivity index (χ3v) is 4.71. The Morgan fingerprint density at radius 3 is 2.62 bits per heavy atom. The van der Waals surface area contributed by atoms with E-state index in [0.717, 1.165) is 42.6 Å². The van der Waals surface area contributed by atoms with Gasteiger partial charge >= 0.3 is 0 Å². The molecule has 6 heteroatoms. The molecule has 5 N–H and O–H groups in total. The number of imidazole rings is 1. The number of nitrogens with one attached hydrogen (secondary N) is 1. The molecule has 21 heavy (non-hydrogen) atoms.